The molecule has 0 saturated heterocycles. The van der Waals surface area contributed by atoms with Crippen LogP contribution in [0.25, 0.3) is 22.4 Å². The Morgan fingerprint density at radius 3 is 2.30 bits per heavy atom. The topological polar surface area (TPSA) is 79.7 Å². The van der Waals surface area contributed by atoms with Gasteiger partial charge in [0.05, 0.1) is 18.4 Å². The number of aromatic carboxylic acids is 1. The number of pyridine rings is 1. The molecule has 5 heteroatoms. The summed E-state index contributed by atoms with van der Waals surface area (Å²) in [5.41, 5.74) is 4.85. The van der Waals surface area contributed by atoms with Crippen LogP contribution in [0.15, 0.2) is 60.8 Å². The van der Waals surface area contributed by atoms with Crippen LogP contribution in [0.2, 0.25) is 0 Å². The summed E-state index contributed by atoms with van der Waals surface area (Å²) in [6, 6.07) is 16.5. The summed E-state index contributed by atoms with van der Waals surface area (Å²) < 4.78 is 5.22. The molecule has 0 radical (unpaired) electrons. The second-order valence-corrected chi connectivity index (χ2v) is 6.18. The molecule has 27 heavy (non-hydrogen) atoms. The molecule has 0 aliphatic heterocycles. The molecule has 5 nitrogen and oxygen atoms in total. The molecule has 0 spiro atoms. The van der Waals surface area contributed by atoms with E-state index in [1.54, 1.807) is 31.4 Å². The van der Waals surface area contributed by atoms with Crippen molar-refractivity contribution in [3.63, 3.8) is 0 Å². The molecule has 0 saturated carbocycles. The summed E-state index contributed by atoms with van der Waals surface area (Å²) in [5.74, 6) is -0.183. The first kappa shape index (κ1) is 18.6. The lowest BCUT2D eigenvalue weighted by molar-refractivity contribution is 0.0697. The van der Waals surface area contributed by atoms with Gasteiger partial charge in [-0.05, 0) is 66.4 Å². The van der Waals surface area contributed by atoms with Crippen LogP contribution in [0.5, 0.6) is 5.75 Å². The quantitative estimate of drug-likeness (QED) is 0.662. The Labute approximate surface area is 157 Å². The highest BCUT2D eigenvalue weighted by Gasteiger charge is 2.12. The van der Waals surface area contributed by atoms with Gasteiger partial charge in [0, 0.05) is 23.9 Å². The first-order valence-corrected chi connectivity index (χ1v) is 8.70. The lowest BCUT2D eigenvalue weighted by Crippen LogP contribution is -1.97. The van der Waals surface area contributed by atoms with E-state index in [9.17, 15) is 4.79 Å². The summed E-state index contributed by atoms with van der Waals surface area (Å²) in [4.78, 5) is 15.8. The zero-order valence-corrected chi connectivity index (χ0v) is 15.1. The average molecular weight is 363 g/mol. The van der Waals surface area contributed by atoms with E-state index in [1.165, 1.54) is 0 Å². The van der Waals surface area contributed by atoms with Crippen LogP contribution in [0.3, 0.4) is 0 Å². The number of aliphatic hydroxyl groups is 1. The highest BCUT2D eigenvalue weighted by molar-refractivity contribution is 5.89. The summed E-state index contributed by atoms with van der Waals surface area (Å²) in [5, 5.41) is 18.2. The molecule has 1 aromatic heterocycles. The van der Waals surface area contributed by atoms with Crippen LogP contribution in [-0.2, 0) is 6.42 Å². The maximum atomic E-state index is 11.1. The van der Waals surface area contributed by atoms with Gasteiger partial charge in [-0.1, -0.05) is 12.1 Å². The van der Waals surface area contributed by atoms with E-state index in [1.807, 2.05) is 30.5 Å². The number of hydrogen-bond donors (Lipinski definition) is 2. The van der Waals surface area contributed by atoms with Crippen molar-refractivity contribution in [2.45, 2.75) is 12.8 Å². The van der Waals surface area contributed by atoms with Gasteiger partial charge in [-0.15, -0.1) is 0 Å². The normalized spacial score (nSPS) is 10.6. The Morgan fingerprint density at radius 2 is 1.70 bits per heavy atom. The molecule has 2 N–H and O–H groups in total. The predicted octanol–water partition coefficient (Wildman–Crippen LogP) is 4.05. The number of carboxylic acids is 1. The Bertz CT molecular complexity index is 918. The SMILES string of the molecule is COc1ccc(-c2ncc(CCCO)cc2-c2ccc(C(=O)O)cc2)cc1. The number of methoxy groups -OCH3 is 1. The standard InChI is InChI=1S/C22H21NO4/c1-27-19-10-8-17(9-11-19)21-20(13-15(14-23-21)3-2-12-24)16-4-6-18(7-5-16)22(25)26/h4-11,13-14,24H,2-3,12H2,1H3,(H,25,26). The minimum atomic E-state index is -0.952. The van der Waals surface area contributed by atoms with E-state index < -0.39 is 5.97 Å². The second-order valence-electron chi connectivity index (χ2n) is 6.18. The van der Waals surface area contributed by atoms with Crippen LogP contribution in [0, 0.1) is 0 Å². The monoisotopic (exact) mass is 363 g/mol. The molecule has 0 aliphatic carbocycles. The fourth-order valence-corrected chi connectivity index (χ4v) is 2.92. The third-order valence-corrected chi connectivity index (χ3v) is 4.37. The fourth-order valence-electron chi connectivity index (χ4n) is 2.92. The Hall–Kier alpha value is -3.18. The maximum absolute atomic E-state index is 11.1. The van der Waals surface area contributed by atoms with Gasteiger partial charge >= 0.3 is 5.97 Å². The molecule has 0 atom stereocenters. The first-order chi connectivity index (χ1) is 13.1. The lowest BCUT2D eigenvalue weighted by atomic mass is 9.96. The molecule has 0 fully saturated rings. The molecule has 0 bridgehead atoms. The van der Waals surface area contributed by atoms with Gasteiger partial charge in [0.2, 0.25) is 0 Å². The van der Waals surface area contributed by atoms with Crippen LogP contribution in [-0.4, -0.2) is 34.9 Å². The van der Waals surface area contributed by atoms with Crippen LogP contribution in [0.4, 0.5) is 0 Å². The smallest absolute Gasteiger partial charge is 0.335 e. The molecular formula is C22H21NO4. The number of hydrogen-bond acceptors (Lipinski definition) is 4. The van der Waals surface area contributed by atoms with E-state index in [2.05, 4.69) is 11.1 Å². The van der Waals surface area contributed by atoms with E-state index in [0.29, 0.717) is 6.42 Å². The van der Waals surface area contributed by atoms with Gasteiger partial charge in [0.25, 0.3) is 0 Å². The molecule has 0 aliphatic rings. The Balaban J connectivity index is 2.07. The minimum Gasteiger partial charge on any atom is -0.497 e. The fraction of sp³-hybridized carbons (Fsp3) is 0.182. The molecule has 3 aromatic rings. The largest absolute Gasteiger partial charge is 0.497 e. The molecule has 0 unspecified atom stereocenters. The van der Waals surface area contributed by atoms with Crippen molar-refractivity contribution >= 4 is 5.97 Å². The van der Waals surface area contributed by atoms with Gasteiger partial charge < -0.3 is 14.9 Å². The van der Waals surface area contributed by atoms with Crippen LogP contribution in [0.1, 0.15) is 22.3 Å². The number of ether oxygens (including phenoxy) is 1. The summed E-state index contributed by atoms with van der Waals surface area (Å²) in [7, 11) is 1.62. The summed E-state index contributed by atoms with van der Waals surface area (Å²) >= 11 is 0. The number of nitrogens with zero attached hydrogens (tertiary/aromatic N) is 1. The van der Waals surface area contributed by atoms with Crippen molar-refractivity contribution in [1.82, 2.24) is 4.98 Å². The molecule has 0 amide bonds. The van der Waals surface area contributed by atoms with Crippen molar-refractivity contribution in [3.8, 4) is 28.1 Å². The number of carbonyl (C=O) groups is 1. The van der Waals surface area contributed by atoms with Gasteiger partial charge in [-0.3, -0.25) is 4.98 Å². The van der Waals surface area contributed by atoms with Gasteiger partial charge in [-0.2, -0.15) is 0 Å². The molecule has 2 aromatic carbocycles. The highest BCUT2D eigenvalue weighted by atomic mass is 16.5. The van der Waals surface area contributed by atoms with Gasteiger partial charge in [0.15, 0.2) is 0 Å². The van der Waals surface area contributed by atoms with Crippen molar-refractivity contribution in [1.29, 1.82) is 0 Å². The summed E-state index contributed by atoms with van der Waals surface area (Å²) in [6.07, 6.45) is 3.22. The number of rotatable bonds is 7. The molecule has 3 rings (SSSR count). The Morgan fingerprint density at radius 1 is 1.04 bits per heavy atom. The Kier molecular flexibility index (Phi) is 5.84. The van der Waals surface area contributed by atoms with E-state index in [4.69, 9.17) is 14.9 Å². The second kappa shape index (κ2) is 8.47. The van der Waals surface area contributed by atoms with Gasteiger partial charge in [-0.25, -0.2) is 4.79 Å². The molecule has 1 heterocycles. The number of carboxylic acid groups (broad SMARTS) is 1. The molecular weight excluding hydrogens is 342 g/mol. The maximum Gasteiger partial charge on any atom is 0.335 e. The number of aromatic nitrogens is 1. The average Bonchev–Trinajstić information content (AvgIpc) is 2.72. The zero-order valence-electron chi connectivity index (χ0n) is 15.1. The number of benzene rings is 2. The van der Waals surface area contributed by atoms with E-state index in [-0.39, 0.29) is 12.2 Å². The van der Waals surface area contributed by atoms with Gasteiger partial charge in [0.1, 0.15) is 5.75 Å². The summed E-state index contributed by atoms with van der Waals surface area (Å²) in [6.45, 7) is 0.128. The van der Waals surface area contributed by atoms with Crippen LogP contribution >= 0.6 is 0 Å². The van der Waals surface area contributed by atoms with Crippen molar-refractivity contribution in [3.05, 3.63) is 71.9 Å². The van der Waals surface area contributed by atoms with E-state index >= 15 is 0 Å². The third kappa shape index (κ3) is 4.33. The first-order valence-electron chi connectivity index (χ1n) is 8.70. The lowest BCUT2D eigenvalue weighted by Gasteiger charge is -2.12. The minimum absolute atomic E-state index is 0.128. The number of aryl methyl sites for hydroxylation is 1. The van der Waals surface area contributed by atoms with Crippen LogP contribution < -0.4 is 4.74 Å². The van der Waals surface area contributed by atoms with Crippen molar-refractivity contribution in [2.24, 2.45) is 0 Å². The zero-order chi connectivity index (χ0) is 19.2. The van der Waals surface area contributed by atoms with Crippen molar-refractivity contribution in [2.75, 3.05) is 13.7 Å². The highest BCUT2D eigenvalue weighted by Crippen LogP contribution is 2.32. The molecule has 138 valence electrons. The third-order valence-electron chi connectivity index (χ3n) is 4.37. The number of aliphatic hydroxyl groups excluding tert-OH is 1. The van der Waals surface area contributed by atoms with Crippen molar-refractivity contribution < 1.29 is 19.7 Å². The van der Waals surface area contributed by atoms with E-state index in [0.717, 1.165) is 40.1 Å². The predicted molar refractivity (Wildman–Crippen MR) is 104 cm³/mol.